The van der Waals surface area contributed by atoms with Gasteiger partial charge in [-0.2, -0.15) is 11.8 Å². The van der Waals surface area contributed by atoms with Gasteiger partial charge in [-0.3, -0.25) is 0 Å². The van der Waals surface area contributed by atoms with Gasteiger partial charge in [0.1, 0.15) is 0 Å². The molecule has 66 valence electrons. The first-order valence-corrected chi connectivity index (χ1v) is 5.84. The molecule has 2 rings (SSSR count). The van der Waals surface area contributed by atoms with E-state index in [4.69, 9.17) is 0 Å². The van der Waals surface area contributed by atoms with Crippen LogP contribution in [-0.4, -0.2) is 16.1 Å². The number of nitrogens with zero attached hydrogens (tertiary/aromatic N) is 1. The lowest BCUT2D eigenvalue weighted by Crippen LogP contribution is -2.02. The molecule has 2 atom stereocenters. The molecule has 12 heavy (non-hydrogen) atoms. The summed E-state index contributed by atoms with van der Waals surface area (Å²) in [5, 5.41) is 0.900. The highest BCUT2D eigenvalue weighted by atomic mass is 32.2. The Bertz CT molecular complexity index is 230. The van der Waals surface area contributed by atoms with Gasteiger partial charge in [-0.05, 0) is 37.7 Å². The molecule has 1 heterocycles. The van der Waals surface area contributed by atoms with E-state index in [2.05, 4.69) is 35.3 Å². The Morgan fingerprint density at radius 1 is 1.25 bits per heavy atom. The van der Waals surface area contributed by atoms with Gasteiger partial charge >= 0.3 is 0 Å². The molecule has 2 heteroatoms. The summed E-state index contributed by atoms with van der Waals surface area (Å²) in [5.41, 5.74) is 0. The maximum atomic E-state index is 2.36. The predicted molar refractivity (Wildman–Crippen MR) is 54.6 cm³/mol. The molecule has 0 amide bonds. The van der Waals surface area contributed by atoms with Crippen LogP contribution >= 0.6 is 11.8 Å². The van der Waals surface area contributed by atoms with Crippen molar-refractivity contribution >= 4 is 11.8 Å². The van der Waals surface area contributed by atoms with Crippen molar-refractivity contribution in [2.45, 2.75) is 30.6 Å². The van der Waals surface area contributed by atoms with Crippen molar-refractivity contribution in [1.29, 1.82) is 0 Å². The second-order valence-electron chi connectivity index (χ2n) is 3.45. The number of thioether (sulfide) groups is 1. The van der Waals surface area contributed by atoms with Gasteiger partial charge in [-0.25, -0.2) is 0 Å². The van der Waals surface area contributed by atoms with E-state index in [1.807, 2.05) is 11.8 Å². The molecule has 0 N–H and O–H groups in total. The van der Waals surface area contributed by atoms with E-state index in [0.29, 0.717) is 0 Å². The molecule has 2 unspecified atom stereocenters. The fourth-order valence-corrected chi connectivity index (χ4v) is 2.78. The summed E-state index contributed by atoms with van der Waals surface area (Å²) in [7, 11) is 0. The molecular weight excluding hydrogens is 166 g/mol. The minimum atomic E-state index is 0.775. The molecule has 0 bridgehead atoms. The minimum absolute atomic E-state index is 0.775. The van der Waals surface area contributed by atoms with Crippen LogP contribution in [0.3, 0.4) is 0 Å². The van der Waals surface area contributed by atoms with Crippen molar-refractivity contribution in [3.05, 3.63) is 24.5 Å². The van der Waals surface area contributed by atoms with E-state index in [0.717, 1.165) is 11.3 Å². The Hall–Kier alpha value is -0.370. The zero-order valence-corrected chi connectivity index (χ0v) is 8.26. The summed E-state index contributed by atoms with van der Waals surface area (Å²) in [5.74, 6) is 0. The standard InChI is InChI=1S/C10H15NS/c1-12-10-5-4-9(8-10)11-6-2-3-7-11/h2-3,6-7,9-10H,4-5,8H2,1H3. The highest BCUT2D eigenvalue weighted by Gasteiger charge is 2.24. The van der Waals surface area contributed by atoms with Crippen LogP contribution in [0.5, 0.6) is 0 Å². The lowest BCUT2D eigenvalue weighted by atomic mass is 10.2. The molecule has 0 spiro atoms. The SMILES string of the molecule is CSC1CCC(n2cccc2)C1. The van der Waals surface area contributed by atoms with Crippen molar-refractivity contribution in [3.8, 4) is 0 Å². The second kappa shape index (κ2) is 3.56. The van der Waals surface area contributed by atoms with Gasteiger partial charge < -0.3 is 4.57 Å². The third-order valence-corrected chi connectivity index (χ3v) is 3.83. The predicted octanol–water partition coefficient (Wildman–Crippen LogP) is 2.94. The molecular formula is C10H15NS. The van der Waals surface area contributed by atoms with Crippen molar-refractivity contribution in [2.75, 3.05) is 6.26 Å². The summed E-state index contributed by atoms with van der Waals surface area (Å²) in [6, 6.07) is 5.01. The fourth-order valence-electron chi connectivity index (χ4n) is 1.99. The number of rotatable bonds is 2. The normalized spacial score (nSPS) is 29.4. The molecule has 1 fully saturated rings. The Labute approximate surface area is 78.2 Å². The smallest absolute Gasteiger partial charge is 0.0341 e. The number of hydrogen-bond acceptors (Lipinski definition) is 1. The van der Waals surface area contributed by atoms with Crippen molar-refractivity contribution < 1.29 is 0 Å². The van der Waals surface area contributed by atoms with Gasteiger partial charge in [0, 0.05) is 23.7 Å². The molecule has 1 aromatic heterocycles. The van der Waals surface area contributed by atoms with E-state index in [9.17, 15) is 0 Å². The van der Waals surface area contributed by atoms with Gasteiger partial charge in [-0.1, -0.05) is 0 Å². The molecule has 0 saturated heterocycles. The van der Waals surface area contributed by atoms with Crippen LogP contribution in [0.1, 0.15) is 25.3 Å². The third-order valence-electron chi connectivity index (χ3n) is 2.74. The van der Waals surface area contributed by atoms with Crippen molar-refractivity contribution in [3.63, 3.8) is 0 Å². The average molecular weight is 181 g/mol. The van der Waals surface area contributed by atoms with Gasteiger partial charge in [0.2, 0.25) is 0 Å². The molecule has 0 radical (unpaired) electrons. The first-order chi connectivity index (χ1) is 5.90. The van der Waals surface area contributed by atoms with Crippen LogP contribution in [0.25, 0.3) is 0 Å². The van der Waals surface area contributed by atoms with Gasteiger partial charge in [0.05, 0.1) is 0 Å². The maximum Gasteiger partial charge on any atom is 0.0341 e. The summed E-state index contributed by atoms with van der Waals surface area (Å²) >= 11 is 2.02. The monoisotopic (exact) mass is 181 g/mol. The Kier molecular flexibility index (Phi) is 2.45. The quantitative estimate of drug-likeness (QED) is 0.679. The van der Waals surface area contributed by atoms with Crippen molar-refractivity contribution in [1.82, 2.24) is 4.57 Å². The van der Waals surface area contributed by atoms with E-state index in [-0.39, 0.29) is 0 Å². The number of aromatic nitrogens is 1. The van der Waals surface area contributed by atoms with Crippen LogP contribution in [0, 0.1) is 0 Å². The molecule has 1 saturated carbocycles. The first kappa shape index (κ1) is 8.24. The fraction of sp³-hybridized carbons (Fsp3) is 0.600. The number of hydrogen-bond donors (Lipinski definition) is 0. The van der Waals surface area contributed by atoms with Crippen LogP contribution in [0.15, 0.2) is 24.5 Å². The van der Waals surface area contributed by atoms with Crippen LogP contribution < -0.4 is 0 Å². The molecule has 1 aliphatic carbocycles. The van der Waals surface area contributed by atoms with E-state index < -0.39 is 0 Å². The van der Waals surface area contributed by atoms with Crippen LogP contribution in [-0.2, 0) is 0 Å². The lowest BCUT2D eigenvalue weighted by Gasteiger charge is -2.11. The van der Waals surface area contributed by atoms with E-state index in [1.54, 1.807) is 0 Å². The van der Waals surface area contributed by atoms with E-state index in [1.165, 1.54) is 19.3 Å². The largest absolute Gasteiger partial charge is 0.351 e. The molecule has 1 nitrogen and oxygen atoms in total. The van der Waals surface area contributed by atoms with E-state index >= 15 is 0 Å². The summed E-state index contributed by atoms with van der Waals surface area (Å²) < 4.78 is 2.36. The zero-order chi connectivity index (χ0) is 8.39. The third kappa shape index (κ3) is 1.53. The molecule has 0 aromatic carbocycles. The van der Waals surface area contributed by atoms with Gasteiger partial charge in [0.25, 0.3) is 0 Å². The zero-order valence-electron chi connectivity index (χ0n) is 7.44. The van der Waals surface area contributed by atoms with Gasteiger partial charge in [-0.15, -0.1) is 0 Å². The Morgan fingerprint density at radius 3 is 2.58 bits per heavy atom. The summed E-state index contributed by atoms with van der Waals surface area (Å²) in [6.45, 7) is 0. The highest BCUT2D eigenvalue weighted by molar-refractivity contribution is 7.99. The lowest BCUT2D eigenvalue weighted by molar-refractivity contribution is 0.522. The van der Waals surface area contributed by atoms with Crippen LogP contribution in [0.4, 0.5) is 0 Å². The second-order valence-corrected chi connectivity index (χ2v) is 4.59. The topological polar surface area (TPSA) is 4.93 Å². The average Bonchev–Trinajstić information content (AvgIpc) is 2.75. The minimum Gasteiger partial charge on any atom is -0.351 e. The Morgan fingerprint density at radius 2 is 2.00 bits per heavy atom. The maximum absolute atomic E-state index is 2.36. The van der Waals surface area contributed by atoms with Crippen molar-refractivity contribution in [2.24, 2.45) is 0 Å². The van der Waals surface area contributed by atoms with Crippen LogP contribution in [0.2, 0.25) is 0 Å². The molecule has 1 aliphatic rings. The van der Waals surface area contributed by atoms with Gasteiger partial charge in [0.15, 0.2) is 0 Å². The first-order valence-electron chi connectivity index (χ1n) is 4.55. The highest BCUT2D eigenvalue weighted by Crippen LogP contribution is 2.35. The Balaban J connectivity index is 2.00. The molecule has 0 aliphatic heterocycles. The summed E-state index contributed by atoms with van der Waals surface area (Å²) in [4.78, 5) is 0. The molecule has 1 aromatic rings. The summed E-state index contributed by atoms with van der Waals surface area (Å²) in [6.07, 6.45) is 10.7.